The van der Waals surface area contributed by atoms with Gasteiger partial charge in [-0.25, -0.2) is 16.8 Å². The van der Waals surface area contributed by atoms with Crippen LogP contribution in [0.3, 0.4) is 0 Å². The second-order valence-corrected chi connectivity index (χ2v) is 9.20. The summed E-state index contributed by atoms with van der Waals surface area (Å²) < 4.78 is 47.2. The summed E-state index contributed by atoms with van der Waals surface area (Å²) >= 11 is 3.15. The van der Waals surface area contributed by atoms with E-state index in [0.29, 0.717) is 4.47 Å². The first kappa shape index (κ1) is 15.5. The first-order valence-corrected chi connectivity index (χ1v) is 9.43. The first-order valence-electron chi connectivity index (χ1n) is 5.16. The van der Waals surface area contributed by atoms with Crippen molar-refractivity contribution >= 4 is 41.3 Å². The zero-order valence-electron chi connectivity index (χ0n) is 9.76. The number of nitrogens with two attached hydrogens (primary N) is 1. The predicted molar refractivity (Wildman–Crippen MR) is 74.9 cm³/mol. The molecule has 0 saturated heterocycles. The third kappa shape index (κ3) is 3.96. The lowest BCUT2D eigenvalue weighted by Crippen LogP contribution is -2.19. The molecule has 0 unspecified atom stereocenters. The van der Waals surface area contributed by atoms with Crippen molar-refractivity contribution in [3.05, 3.63) is 22.7 Å². The van der Waals surface area contributed by atoms with Gasteiger partial charge in [-0.15, -0.1) is 0 Å². The van der Waals surface area contributed by atoms with Crippen molar-refractivity contribution in [1.82, 2.24) is 0 Å². The molecule has 0 spiro atoms. The molecule has 0 radical (unpaired) electrons. The van der Waals surface area contributed by atoms with Gasteiger partial charge in [-0.2, -0.15) is 0 Å². The maximum atomic E-state index is 12.0. The lowest BCUT2D eigenvalue weighted by molar-refractivity contribution is 0.588. The number of anilines is 1. The lowest BCUT2D eigenvalue weighted by Gasteiger charge is -2.08. The van der Waals surface area contributed by atoms with Crippen molar-refractivity contribution < 1.29 is 16.8 Å². The van der Waals surface area contributed by atoms with Crippen LogP contribution in [0.2, 0.25) is 0 Å². The van der Waals surface area contributed by atoms with Gasteiger partial charge in [-0.1, -0.05) is 22.9 Å². The van der Waals surface area contributed by atoms with Crippen LogP contribution < -0.4 is 5.73 Å². The Hall–Kier alpha value is -0.600. The minimum Gasteiger partial charge on any atom is -0.398 e. The molecule has 18 heavy (non-hydrogen) atoms. The molecule has 1 aromatic carbocycles. The Morgan fingerprint density at radius 2 is 1.78 bits per heavy atom. The molecule has 8 heteroatoms. The summed E-state index contributed by atoms with van der Waals surface area (Å²) in [7, 11) is -7.01. The third-order valence-corrected chi connectivity index (χ3v) is 6.64. The molecule has 102 valence electrons. The number of sulfone groups is 2. The summed E-state index contributed by atoms with van der Waals surface area (Å²) in [5.74, 6) is -0.919. The molecule has 0 bridgehead atoms. The molecule has 0 amide bonds. The van der Waals surface area contributed by atoms with Gasteiger partial charge in [-0.05, 0) is 18.2 Å². The minimum atomic E-state index is -3.69. The maximum Gasteiger partial charge on any atom is 0.181 e. The largest absolute Gasteiger partial charge is 0.398 e. The van der Waals surface area contributed by atoms with Crippen molar-refractivity contribution in [3.8, 4) is 0 Å². The van der Waals surface area contributed by atoms with Crippen molar-refractivity contribution in [2.45, 2.75) is 11.8 Å². The summed E-state index contributed by atoms with van der Waals surface area (Å²) in [4.78, 5) is -0.0387. The summed E-state index contributed by atoms with van der Waals surface area (Å²) in [5.41, 5.74) is 5.72. The van der Waals surface area contributed by atoms with Gasteiger partial charge in [-0.3, -0.25) is 0 Å². The van der Waals surface area contributed by atoms with Crippen LogP contribution >= 0.6 is 15.9 Å². The fourth-order valence-corrected chi connectivity index (χ4v) is 4.92. The number of rotatable bonds is 5. The Balaban J connectivity index is 3.04. The normalized spacial score (nSPS) is 12.6. The zero-order chi connectivity index (χ0) is 14.0. The van der Waals surface area contributed by atoms with E-state index in [1.54, 1.807) is 6.07 Å². The molecule has 0 aliphatic heterocycles. The van der Waals surface area contributed by atoms with Gasteiger partial charge in [0.15, 0.2) is 19.7 Å². The average molecular weight is 356 g/mol. The minimum absolute atomic E-state index is 0.0387. The van der Waals surface area contributed by atoms with E-state index in [-0.39, 0.29) is 16.3 Å². The van der Waals surface area contributed by atoms with E-state index < -0.39 is 31.2 Å². The van der Waals surface area contributed by atoms with Crippen molar-refractivity contribution in [3.63, 3.8) is 0 Å². The van der Waals surface area contributed by atoms with E-state index in [4.69, 9.17) is 5.73 Å². The molecule has 0 aromatic heterocycles. The number of hydrogen-bond acceptors (Lipinski definition) is 5. The van der Waals surface area contributed by atoms with E-state index in [0.717, 1.165) is 0 Å². The maximum absolute atomic E-state index is 12.0. The highest BCUT2D eigenvalue weighted by Gasteiger charge is 2.21. The molecular formula is C10H14BrNO4S2. The van der Waals surface area contributed by atoms with Crippen molar-refractivity contribution in [2.24, 2.45) is 0 Å². The van der Waals surface area contributed by atoms with Crippen LogP contribution in [-0.4, -0.2) is 34.1 Å². The summed E-state index contributed by atoms with van der Waals surface area (Å²) in [6.07, 6.45) is 0. The molecule has 1 rings (SSSR count). The number of hydrogen-bond donors (Lipinski definition) is 1. The first-order chi connectivity index (χ1) is 8.18. The van der Waals surface area contributed by atoms with Crippen LogP contribution in [0.5, 0.6) is 0 Å². The predicted octanol–water partition coefficient (Wildman–Crippen LogP) is 1.24. The van der Waals surface area contributed by atoms with Crippen LogP contribution in [0.1, 0.15) is 6.92 Å². The van der Waals surface area contributed by atoms with Gasteiger partial charge in [0.2, 0.25) is 0 Å². The quantitative estimate of drug-likeness (QED) is 0.801. The van der Waals surface area contributed by atoms with Crippen LogP contribution in [-0.2, 0) is 19.7 Å². The van der Waals surface area contributed by atoms with E-state index in [9.17, 15) is 16.8 Å². The monoisotopic (exact) mass is 355 g/mol. The number of halogens is 1. The average Bonchev–Trinajstić information content (AvgIpc) is 2.30. The fourth-order valence-electron chi connectivity index (χ4n) is 1.27. The summed E-state index contributed by atoms with van der Waals surface area (Å²) in [6, 6.07) is 4.46. The standard InChI is InChI=1S/C10H14BrNO4S2/c1-2-17(13,14)5-6-18(15,16)10-7-8(11)3-4-9(10)12/h3-4,7H,2,5-6,12H2,1H3. The molecule has 0 aliphatic carbocycles. The Kier molecular flexibility index (Phi) is 4.79. The van der Waals surface area contributed by atoms with Gasteiger partial charge in [0, 0.05) is 10.2 Å². The summed E-state index contributed by atoms with van der Waals surface area (Å²) in [6.45, 7) is 1.48. The van der Waals surface area contributed by atoms with Gasteiger partial charge in [0.25, 0.3) is 0 Å². The third-order valence-electron chi connectivity index (χ3n) is 2.41. The molecule has 1 aromatic rings. The lowest BCUT2D eigenvalue weighted by atomic mass is 10.3. The van der Waals surface area contributed by atoms with E-state index in [1.165, 1.54) is 19.1 Å². The Morgan fingerprint density at radius 3 is 2.33 bits per heavy atom. The van der Waals surface area contributed by atoms with E-state index >= 15 is 0 Å². The fraction of sp³-hybridized carbons (Fsp3) is 0.400. The van der Waals surface area contributed by atoms with Gasteiger partial charge in [0.05, 0.1) is 22.1 Å². The Bertz CT molecular complexity index is 638. The molecule has 0 heterocycles. The SMILES string of the molecule is CCS(=O)(=O)CCS(=O)(=O)c1cc(Br)ccc1N. The zero-order valence-corrected chi connectivity index (χ0v) is 13.0. The number of nitrogen functional groups attached to an aromatic ring is 1. The van der Waals surface area contributed by atoms with E-state index in [2.05, 4.69) is 15.9 Å². The molecule has 5 nitrogen and oxygen atoms in total. The molecule has 0 saturated carbocycles. The van der Waals surface area contributed by atoms with E-state index in [1.807, 2.05) is 0 Å². The van der Waals surface area contributed by atoms with Gasteiger partial charge in [0.1, 0.15) is 0 Å². The van der Waals surface area contributed by atoms with Crippen molar-refractivity contribution in [1.29, 1.82) is 0 Å². The highest BCUT2D eigenvalue weighted by molar-refractivity contribution is 9.10. The smallest absolute Gasteiger partial charge is 0.181 e. The molecule has 2 N–H and O–H groups in total. The van der Waals surface area contributed by atoms with Gasteiger partial charge < -0.3 is 5.73 Å². The Labute approximate surface area is 115 Å². The molecule has 0 atom stereocenters. The van der Waals surface area contributed by atoms with Crippen LogP contribution in [0.4, 0.5) is 5.69 Å². The van der Waals surface area contributed by atoms with Crippen LogP contribution in [0, 0.1) is 0 Å². The number of benzene rings is 1. The summed E-state index contributed by atoms with van der Waals surface area (Å²) in [5, 5.41) is 0. The Morgan fingerprint density at radius 1 is 1.17 bits per heavy atom. The van der Waals surface area contributed by atoms with Crippen molar-refractivity contribution in [2.75, 3.05) is 23.0 Å². The van der Waals surface area contributed by atoms with Gasteiger partial charge >= 0.3 is 0 Å². The highest BCUT2D eigenvalue weighted by Crippen LogP contribution is 2.24. The second kappa shape index (κ2) is 5.58. The molecule has 0 fully saturated rings. The topological polar surface area (TPSA) is 94.3 Å². The second-order valence-electron chi connectivity index (χ2n) is 3.74. The molecule has 0 aliphatic rings. The highest BCUT2D eigenvalue weighted by atomic mass is 79.9. The van der Waals surface area contributed by atoms with Crippen LogP contribution in [0.25, 0.3) is 0 Å². The molecular weight excluding hydrogens is 342 g/mol. The van der Waals surface area contributed by atoms with Crippen LogP contribution in [0.15, 0.2) is 27.6 Å².